The van der Waals surface area contributed by atoms with E-state index in [-0.39, 0.29) is 56.8 Å². The van der Waals surface area contributed by atoms with Crippen LogP contribution in [-0.4, -0.2) is 51.9 Å². The summed E-state index contributed by atoms with van der Waals surface area (Å²) in [6, 6.07) is 3.02. The zero-order chi connectivity index (χ0) is 32.5. The van der Waals surface area contributed by atoms with Crippen LogP contribution in [0.3, 0.4) is 0 Å². The van der Waals surface area contributed by atoms with Crippen LogP contribution >= 0.6 is 11.8 Å². The number of hydrogen-bond acceptors (Lipinski definition) is 5. The summed E-state index contributed by atoms with van der Waals surface area (Å²) in [5, 5.41) is 3.15. The summed E-state index contributed by atoms with van der Waals surface area (Å²) in [7, 11) is 0. The van der Waals surface area contributed by atoms with Crippen molar-refractivity contribution in [2.45, 2.75) is 108 Å². The van der Waals surface area contributed by atoms with Gasteiger partial charge in [-0.1, -0.05) is 43.9 Å². The Bertz CT molecular complexity index is 1410. The molecule has 5 heterocycles. The van der Waals surface area contributed by atoms with Crippen molar-refractivity contribution >= 4 is 23.7 Å². The molecule has 8 bridgehead atoms. The number of fused-ring (bicyclic) bond motifs is 10. The predicted molar refractivity (Wildman–Crippen MR) is 172 cm³/mol. The van der Waals surface area contributed by atoms with Crippen LogP contribution in [0.1, 0.15) is 98.8 Å². The first kappa shape index (κ1) is 33.6. The van der Waals surface area contributed by atoms with Gasteiger partial charge in [-0.05, 0) is 94.0 Å². The van der Waals surface area contributed by atoms with Crippen molar-refractivity contribution in [2.75, 3.05) is 29.9 Å². The van der Waals surface area contributed by atoms with Crippen molar-refractivity contribution in [1.29, 1.82) is 0 Å². The summed E-state index contributed by atoms with van der Waals surface area (Å²) in [6.45, 7) is 1.84. The summed E-state index contributed by atoms with van der Waals surface area (Å²) in [5.74, 6) is -2.84. The van der Waals surface area contributed by atoms with Crippen LogP contribution in [0.25, 0.3) is 6.08 Å². The lowest BCUT2D eigenvalue weighted by molar-refractivity contribution is -0.0975. The topological polar surface area (TPSA) is 41.1 Å². The maximum atomic E-state index is 17.4. The minimum absolute atomic E-state index is 0.0177. The molecule has 2 fully saturated rings. The van der Waals surface area contributed by atoms with E-state index in [2.05, 4.69) is 15.3 Å². The summed E-state index contributed by atoms with van der Waals surface area (Å²) in [4.78, 5) is 10.8. The van der Waals surface area contributed by atoms with E-state index in [1.54, 1.807) is 11.8 Å². The Labute approximate surface area is 272 Å². The molecule has 7 rings (SSSR count). The quantitative estimate of drug-likeness (QED) is 0.324. The molecule has 252 valence electrons. The SMILES string of the molecule is Cc1nc2c3c(n1)C(F)(CCCCCCCC(C(F)F)N1CCC(CC1)C(F)(F)c1cccc(c1F)CN2)C(C1CCSCC1)=C3. The van der Waals surface area contributed by atoms with Gasteiger partial charge < -0.3 is 5.32 Å². The lowest BCUT2D eigenvalue weighted by Crippen LogP contribution is -2.47. The molecule has 11 heteroatoms. The Morgan fingerprint density at radius 3 is 2.39 bits per heavy atom. The first-order valence-electron chi connectivity index (χ1n) is 16.9. The van der Waals surface area contributed by atoms with Crippen LogP contribution in [0.4, 0.5) is 32.2 Å². The number of allylic oxidation sites excluding steroid dienone is 1. The lowest BCUT2D eigenvalue weighted by atomic mass is 9.80. The molecule has 46 heavy (non-hydrogen) atoms. The highest BCUT2D eigenvalue weighted by Gasteiger charge is 2.48. The van der Waals surface area contributed by atoms with Crippen LogP contribution in [0, 0.1) is 24.6 Å². The average molecular weight is 667 g/mol. The van der Waals surface area contributed by atoms with Crippen LogP contribution in [0.15, 0.2) is 23.8 Å². The van der Waals surface area contributed by atoms with Crippen LogP contribution in [-0.2, 0) is 18.1 Å². The highest BCUT2D eigenvalue weighted by atomic mass is 32.2. The number of alkyl halides is 5. The van der Waals surface area contributed by atoms with E-state index >= 15 is 17.6 Å². The fourth-order valence-corrected chi connectivity index (χ4v) is 9.07. The zero-order valence-corrected chi connectivity index (χ0v) is 27.3. The number of rotatable bonds is 2. The molecule has 5 aliphatic rings. The van der Waals surface area contributed by atoms with E-state index in [1.807, 2.05) is 17.8 Å². The number of thioether (sulfide) groups is 1. The second kappa shape index (κ2) is 14.1. The number of nitrogens with one attached hydrogen (secondary N) is 1. The molecule has 2 aromatic rings. The maximum absolute atomic E-state index is 17.4. The van der Waals surface area contributed by atoms with Crippen molar-refractivity contribution in [3.05, 3.63) is 57.8 Å². The molecule has 2 atom stereocenters. The molecule has 2 saturated heterocycles. The average Bonchev–Trinajstić information content (AvgIpc) is 3.33. The normalized spacial score (nSPS) is 29.5. The number of benzene rings is 1. The van der Waals surface area contributed by atoms with Gasteiger partial charge in [-0.3, -0.25) is 4.90 Å². The lowest BCUT2D eigenvalue weighted by Gasteiger charge is -2.39. The van der Waals surface area contributed by atoms with E-state index in [1.165, 1.54) is 12.1 Å². The summed E-state index contributed by atoms with van der Waals surface area (Å²) in [6.07, 6.45) is 5.22. The van der Waals surface area contributed by atoms with Gasteiger partial charge in [0.25, 0.3) is 12.3 Å². The Morgan fingerprint density at radius 2 is 1.65 bits per heavy atom. The number of piperidine rings is 1. The van der Waals surface area contributed by atoms with Crippen LogP contribution in [0.5, 0.6) is 0 Å². The third-order valence-electron chi connectivity index (χ3n) is 10.6. The molecule has 4 nitrogen and oxygen atoms in total. The van der Waals surface area contributed by atoms with E-state index in [9.17, 15) is 8.78 Å². The minimum atomic E-state index is -3.46. The molecule has 0 radical (unpaired) electrons. The molecule has 0 amide bonds. The molecule has 1 N–H and O–H groups in total. The number of halogens is 6. The zero-order valence-electron chi connectivity index (χ0n) is 26.5. The predicted octanol–water partition coefficient (Wildman–Crippen LogP) is 9.42. The van der Waals surface area contributed by atoms with Crippen molar-refractivity contribution in [3.8, 4) is 0 Å². The van der Waals surface area contributed by atoms with Gasteiger partial charge in [-0.15, -0.1) is 0 Å². The van der Waals surface area contributed by atoms with E-state index in [0.29, 0.717) is 35.7 Å². The summed E-state index contributed by atoms with van der Waals surface area (Å²) >= 11 is 1.87. The van der Waals surface area contributed by atoms with E-state index in [0.717, 1.165) is 55.2 Å². The van der Waals surface area contributed by atoms with Crippen molar-refractivity contribution in [1.82, 2.24) is 14.9 Å². The summed E-state index contributed by atoms with van der Waals surface area (Å²) in [5.41, 5.74) is -0.789. The molecule has 1 aromatic heterocycles. The molecule has 0 saturated carbocycles. The van der Waals surface area contributed by atoms with E-state index < -0.39 is 41.4 Å². The third kappa shape index (κ3) is 6.69. The first-order valence-corrected chi connectivity index (χ1v) is 18.0. The highest BCUT2D eigenvalue weighted by Crippen LogP contribution is 2.52. The molecule has 1 aliphatic carbocycles. The van der Waals surface area contributed by atoms with Crippen LogP contribution in [0.2, 0.25) is 0 Å². The molecule has 2 unspecified atom stereocenters. The number of nitrogens with zero attached hydrogens (tertiary/aromatic N) is 3. The van der Waals surface area contributed by atoms with Gasteiger partial charge in [0.2, 0.25) is 0 Å². The first-order chi connectivity index (χ1) is 22.1. The van der Waals surface area contributed by atoms with Gasteiger partial charge in [0.1, 0.15) is 17.5 Å². The number of anilines is 1. The fourth-order valence-electron chi connectivity index (χ4n) is 7.96. The van der Waals surface area contributed by atoms with Crippen molar-refractivity contribution in [2.24, 2.45) is 11.8 Å². The standard InChI is InChI=1S/C35H44F6N4S/c1-22-43-31-26-20-28(23-13-18-46-19-14-23)34(31,39)15-6-4-2-3-5-10-29(32(37)38)45-16-11-25(12-17-45)35(40,41)27-9-7-8-24(30(27)36)21-42-33(26)44-22/h7-9,20,23,25,29,32H,2-6,10-19,21H2,1H3,(H,42,43,44). The van der Waals surface area contributed by atoms with Crippen molar-refractivity contribution in [3.63, 3.8) is 0 Å². The second-order valence-electron chi connectivity index (χ2n) is 13.4. The Kier molecular flexibility index (Phi) is 10.3. The van der Waals surface area contributed by atoms with Crippen molar-refractivity contribution < 1.29 is 26.3 Å². The Hall–Kier alpha value is -2.27. The second-order valence-corrected chi connectivity index (χ2v) is 14.7. The minimum Gasteiger partial charge on any atom is -0.365 e. The third-order valence-corrected chi connectivity index (χ3v) is 11.6. The van der Waals surface area contributed by atoms with Gasteiger partial charge in [-0.2, -0.15) is 11.8 Å². The van der Waals surface area contributed by atoms with Gasteiger partial charge in [-0.25, -0.2) is 36.3 Å². The monoisotopic (exact) mass is 666 g/mol. The molecular weight excluding hydrogens is 622 g/mol. The molecular formula is C35H44F6N4S. The maximum Gasteiger partial charge on any atom is 0.278 e. The largest absolute Gasteiger partial charge is 0.365 e. The van der Waals surface area contributed by atoms with Gasteiger partial charge in [0, 0.05) is 23.6 Å². The Morgan fingerprint density at radius 1 is 0.935 bits per heavy atom. The van der Waals surface area contributed by atoms with E-state index in [4.69, 9.17) is 0 Å². The smallest absolute Gasteiger partial charge is 0.278 e. The number of aromatic nitrogens is 2. The van der Waals surface area contributed by atoms with Crippen LogP contribution < -0.4 is 5.32 Å². The number of hydrogen-bond donors (Lipinski definition) is 1. The number of aryl methyl sites for hydroxylation is 1. The molecule has 4 aliphatic heterocycles. The highest BCUT2D eigenvalue weighted by molar-refractivity contribution is 7.99. The fraction of sp³-hybridized carbons (Fsp3) is 0.657. The Balaban J connectivity index is 1.34. The molecule has 0 spiro atoms. The van der Waals surface area contributed by atoms with Gasteiger partial charge in [0.05, 0.1) is 17.3 Å². The molecule has 1 aromatic carbocycles. The van der Waals surface area contributed by atoms with Gasteiger partial charge >= 0.3 is 0 Å². The van der Waals surface area contributed by atoms with Gasteiger partial charge in [0.15, 0.2) is 5.67 Å². The summed E-state index contributed by atoms with van der Waals surface area (Å²) < 4.78 is 93.2.